The quantitative estimate of drug-likeness (QED) is 0.448. The molecule has 0 aliphatic heterocycles. The first-order valence-electron chi connectivity index (χ1n) is 6.01. The van der Waals surface area contributed by atoms with Crippen molar-refractivity contribution in [1.29, 1.82) is 0 Å². The van der Waals surface area contributed by atoms with Gasteiger partial charge in [-0.25, -0.2) is 8.78 Å². The Balaban J connectivity index is 1.90. The van der Waals surface area contributed by atoms with E-state index in [1.54, 1.807) is 0 Å². The highest BCUT2D eigenvalue weighted by molar-refractivity contribution is 5.01. The molecule has 2 fully saturated rings. The van der Waals surface area contributed by atoms with Crippen LogP contribution in [0.5, 0.6) is 0 Å². The van der Waals surface area contributed by atoms with Gasteiger partial charge in [-0.3, -0.25) is 0 Å². The zero-order chi connectivity index (χ0) is 11.1. The highest BCUT2D eigenvalue weighted by Gasteiger charge is 2.48. The van der Waals surface area contributed by atoms with E-state index >= 15 is 0 Å². The Morgan fingerprint density at radius 1 is 1.27 bits per heavy atom. The normalized spacial score (nSPS) is 37.1. The van der Waals surface area contributed by atoms with E-state index in [1.165, 1.54) is 5.57 Å². The van der Waals surface area contributed by atoms with Gasteiger partial charge in [0.25, 0.3) is 0 Å². The summed E-state index contributed by atoms with van der Waals surface area (Å²) >= 11 is 0. The van der Waals surface area contributed by atoms with Crippen molar-refractivity contribution in [3.63, 3.8) is 0 Å². The van der Waals surface area contributed by atoms with Crippen molar-refractivity contribution in [2.24, 2.45) is 17.8 Å². The first kappa shape index (κ1) is 11.1. The van der Waals surface area contributed by atoms with E-state index in [9.17, 15) is 8.78 Å². The molecule has 0 amide bonds. The van der Waals surface area contributed by atoms with Gasteiger partial charge in [0.05, 0.1) is 0 Å². The molecule has 2 saturated carbocycles. The van der Waals surface area contributed by atoms with Crippen LogP contribution in [-0.4, -0.2) is 5.92 Å². The van der Waals surface area contributed by atoms with Gasteiger partial charge < -0.3 is 0 Å². The second-order valence-electron chi connectivity index (χ2n) is 5.62. The number of rotatable bonds is 1. The maximum Gasteiger partial charge on any atom is 0.248 e. The minimum atomic E-state index is -2.35. The third-order valence-electron chi connectivity index (χ3n) is 4.00. The van der Waals surface area contributed by atoms with Crippen molar-refractivity contribution in [2.75, 3.05) is 0 Å². The Labute approximate surface area is 90.7 Å². The van der Waals surface area contributed by atoms with Crippen LogP contribution in [0.2, 0.25) is 0 Å². The predicted octanol–water partition coefficient (Wildman–Crippen LogP) is 4.41. The van der Waals surface area contributed by atoms with E-state index < -0.39 is 5.92 Å². The van der Waals surface area contributed by atoms with E-state index in [1.807, 2.05) is 0 Å². The summed E-state index contributed by atoms with van der Waals surface area (Å²) in [6.07, 6.45) is 4.63. The van der Waals surface area contributed by atoms with E-state index in [2.05, 4.69) is 13.5 Å². The number of hydrogen-bond acceptors (Lipinski definition) is 0. The van der Waals surface area contributed by atoms with Gasteiger partial charge in [-0.15, -0.1) is 0 Å². The van der Waals surface area contributed by atoms with E-state index in [0.717, 1.165) is 25.7 Å². The fourth-order valence-electron chi connectivity index (χ4n) is 3.17. The summed E-state index contributed by atoms with van der Waals surface area (Å²) in [4.78, 5) is 0. The van der Waals surface area contributed by atoms with Gasteiger partial charge in [-0.1, -0.05) is 19.1 Å². The van der Waals surface area contributed by atoms with Gasteiger partial charge >= 0.3 is 0 Å². The summed E-state index contributed by atoms with van der Waals surface area (Å²) in [7, 11) is 0. The van der Waals surface area contributed by atoms with Crippen LogP contribution in [0.1, 0.15) is 45.4 Å². The minimum Gasteiger partial charge on any atom is -0.207 e. The average molecular weight is 214 g/mol. The van der Waals surface area contributed by atoms with Crippen molar-refractivity contribution in [3.8, 4) is 0 Å². The standard InChI is InChI=1S/C13H20F2/c1-9-3-4-11(6-10(2)5-9)12-7-13(14,15)8-12/h10-12H,1,3-8H2,2H3/t10?,11-/m0/s1. The summed E-state index contributed by atoms with van der Waals surface area (Å²) in [6, 6.07) is 0. The number of alkyl halides is 2. The van der Waals surface area contributed by atoms with Crippen LogP contribution in [0, 0.1) is 17.8 Å². The molecular formula is C13H20F2. The van der Waals surface area contributed by atoms with Crippen molar-refractivity contribution in [2.45, 2.75) is 51.4 Å². The molecule has 2 heteroatoms. The highest BCUT2D eigenvalue weighted by atomic mass is 19.3. The van der Waals surface area contributed by atoms with Crippen LogP contribution in [-0.2, 0) is 0 Å². The van der Waals surface area contributed by atoms with Crippen LogP contribution >= 0.6 is 0 Å². The van der Waals surface area contributed by atoms with Gasteiger partial charge in [0, 0.05) is 12.8 Å². The van der Waals surface area contributed by atoms with Crippen LogP contribution in [0.3, 0.4) is 0 Å². The summed E-state index contributed by atoms with van der Waals surface area (Å²) < 4.78 is 25.6. The number of halogens is 2. The molecule has 0 nitrogen and oxygen atoms in total. The molecule has 0 heterocycles. The first-order chi connectivity index (χ1) is 6.96. The predicted molar refractivity (Wildman–Crippen MR) is 57.9 cm³/mol. The summed E-state index contributed by atoms with van der Waals surface area (Å²) in [6.45, 7) is 6.27. The van der Waals surface area contributed by atoms with Crippen LogP contribution < -0.4 is 0 Å². The molecular weight excluding hydrogens is 194 g/mol. The lowest BCUT2D eigenvalue weighted by Gasteiger charge is -2.40. The molecule has 0 N–H and O–H groups in total. The first-order valence-corrected chi connectivity index (χ1v) is 6.01. The van der Waals surface area contributed by atoms with Gasteiger partial charge in [-0.05, 0) is 43.4 Å². The fourth-order valence-corrected chi connectivity index (χ4v) is 3.17. The summed E-state index contributed by atoms with van der Waals surface area (Å²) in [5.41, 5.74) is 1.32. The largest absolute Gasteiger partial charge is 0.248 e. The van der Waals surface area contributed by atoms with Crippen molar-refractivity contribution in [3.05, 3.63) is 12.2 Å². The molecule has 0 aromatic carbocycles. The SMILES string of the molecule is C=C1CC[C@H](C2CC(F)(F)C2)CC(C)C1. The molecule has 2 atom stereocenters. The van der Waals surface area contributed by atoms with Gasteiger partial charge in [-0.2, -0.15) is 0 Å². The summed E-state index contributed by atoms with van der Waals surface area (Å²) in [5.74, 6) is -0.900. The van der Waals surface area contributed by atoms with Crippen molar-refractivity contribution >= 4 is 0 Å². The maximum atomic E-state index is 12.8. The molecule has 0 spiro atoms. The molecule has 86 valence electrons. The molecule has 0 bridgehead atoms. The third-order valence-corrected chi connectivity index (χ3v) is 4.00. The van der Waals surface area contributed by atoms with E-state index in [0.29, 0.717) is 11.8 Å². The molecule has 0 radical (unpaired) electrons. The molecule has 2 aliphatic rings. The molecule has 2 rings (SSSR count). The lowest BCUT2D eigenvalue weighted by molar-refractivity contribution is -0.128. The zero-order valence-electron chi connectivity index (χ0n) is 9.44. The van der Waals surface area contributed by atoms with Crippen molar-refractivity contribution in [1.82, 2.24) is 0 Å². The van der Waals surface area contributed by atoms with E-state index in [-0.39, 0.29) is 18.8 Å². The third kappa shape index (κ3) is 2.59. The number of hydrogen-bond donors (Lipinski definition) is 0. The Kier molecular flexibility index (Phi) is 2.87. The molecule has 15 heavy (non-hydrogen) atoms. The van der Waals surface area contributed by atoms with Crippen LogP contribution in [0.15, 0.2) is 12.2 Å². The number of allylic oxidation sites excluding steroid dienone is 1. The summed E-state index contributed by atoms with van der Waals surface area (Å²) in [5, 5.41) is 0. The molecule has 0 aromatic rings. The minimum absolute atomic E-state index is 0.136. The van der Waals surface area contributed by atoms with E-state index in [4.69, 9.17) is 0 Å². The van der Waals surface area contributed by atoms with Gasteiger partial charge in [0.1, 0.15) is 0 Å². The second kappa shape index (κ2) is 3.88. The monoisotopic (exact) mass is 214 g/mol. The smallest absolute Gasteiger partial charge is 0.207 e. The average Bonchev–Trinajstić information content (AvgIpc) is 2.22. The topological polar surface area (TPSA) is 0 Å². The lowest BCUT2D eigenvalue weighted by Crippen LogP contribution is -2.39. The fraction of sp³-hybridized carbons (Fsp3) is 0.846. The molecule has 2 aliphatic carbocycles. The molecule has 0 aromatic heterocycles. The molecule has 1 unspecified atom stereocenters. The second-order valence-corrected chi connectivity index (χ2v) is 5.62. The Bertz CT molecular complexity index is 249. The molecule has 0 saturated heterocycles. The van der Waals surface area contributed by atoms with Gasteiger partial charge in [0.2, 0.25) is 5.92 Å². The Hall–Kier alpha value is -0.400. The van der Waals surface area contributed by atoms with Crippen molar-refractivity contribution < 1.29 is 8.78 Å². The highest BCUT2D eigenvalue weighted by Crippen LogP contribution is 2.50. The Morgan fingerprint density at radius 2 is 1.93 bits per heavy atom. The maximum absolute atomic E-state index is 12.8. The zero-order valence-corrected chi connectivity index (χ0v) is 9.44. The van der Waals surface area contributed by atoms with Crippen LogP contribution in [0.4, 0.5) is 8.78 Å². The lowest BCUT2D eigenvalue weighted by atomic mass is 9.69. The van der Waals surface area contributed by atoms with Crippen LogP contribution in [0.25, 0.3) is 0 Å². The Morgan fingerprint density at radius 3 is 2.53 bits per heavy atom. The van der Waals surface area contributed by atoms with Gasteiger partial charge in [0.15, 0.2) is 0 Å².